The highest BCUT2D eigenvalue weighted by Gasteiger charge is 2.32. The second-order valence-electron chi connectivity index (χ2n) is 7.19. The standard InChI is InChI=1S/C18H24N2O5S/c1-13-6-10-20(11-7-13)26(24,25)16-4-2-14(3-5-16)17(21)19-9-8-15(12-19)18(22)23/h2-5,13,15H,6-12H2,1H3,(H,22,23). The van der Waals surface area contributed by atoms with Gasteiger partial charge in [-0.3, -0.25) is 9.59 Å². The molecule has 2 aliphatic rings. The molecule has 2 aliphatic heterocycles. The van der Waals surface area contributed by atoms with E-state index in [9.17, 15) is 18.0 Å². The summed E-state index contributed by atoms with van der Waals surface area (Å²) in [5.74, 6) is -1.14. The summed E-state index contributed by atoms with van der Waals surface area (Å²) in [6.07, 6.45) is 2.16. The van der Waals surface area contributed by atoms with E-state index < -0.39 is 21.9 Å². The van der Waals surface area contributed by atoms with E-state index in [1.54, 1.807) is 0 Å². The zero-order valence-electron chi connectivity index (χ0n) is 14.8. The van der Waals surface area contributed by atoms with Crippen molar-refractivity contribution in [2.24, 2.45) is 11.8 Å². The smallest absolute Gasteiger partial charge is 0.308 e. The van der Waals surface area contributed by atoms with Crippen molar-refractivity contribution in [2.45, 2.75) is 31.1 Å². The molecule has 1 aromatic carbocycles. The predicted molar refractivity (Wildman–Crippen MR) is 95.2 cm³/mol. The molecule has 8 heteroatoms. The second kappa shape index (κ2) is 7.36. The number of likely N-dealkylation sites (tertiary alicyclic amines) is 1. The van der Waals surface area contributed by atoms with Crippen LogP contribution in [0.4, 0.5) is 0 Å². The molecule has 0 saturated carbocycles. The van der Waals surface area contributed by atoms with Crippen molar-refractivity contribution in [3.63, 3.8) is 0 Å². The first-order valence-corrected chi connectivity index (χ1v) is 10.4. The number of hydrogen-bond donors (Lipinski definition) is 1. The normalized spacial score (nSPS) is 22.5. The Morgan fingerprint density at radius 1 is 1.04 bits per heavy atom. The van der Waals surface area contributed by atoms with Crippen molar-refractivity contribution < 1.29 is 23.1 Å². The van der Waals surface area contributed by atoms with Gasteiger partial charge in [-0.25, -0.2) is 8.42 Å². The van der Waals surface area contributed by atoms with Crippen molar-refractivity contribution >= 4 is 21.9 Å². The van der Waals surface area contributed by atoms with Crippen molar-refractivity contribution in [1.29, 1.82) is 0 Å². The Morgan fingerprint density at radius 2 is 1.65 bits per heavy atom. The van der Waals surface area contributed by atoms with Gasteiger partial charge in [0.25, 0.3) is 5.91 Å². The van der Waals surface area contributed by atoms with E-state index in [0.717, 1.165) is 12.8 Å². The summed E-state index contributed by atoms with van der Waals surface area (Å²) in [4.78, 5) is 25.2. The van der Waals surface area contributed by atoms with Crippen LogP contribution in [0, 0.1) is 11.8 Å². The van der Waals surface area contributed by atoms with Gasteiger partial charge in [0, 0.05) is 31.7 Å². The molecular weight excluding hydrogens is 356 g/mol. The summed E-state index contributed by atoms with van der Waals surface area (Å²) in [5.41, 5.74) is 0.377. The lowest BCUT2D eigenvalue weighted by atomic mass is 10.0. The molecule has 0 spiro atoms. The molecule has 7 nitrogen and oxygen atoms in total. The number of carbonyl (C=O) groups excluding carboxylic acids is 1. The number of benzene rings is 1. The Morgan fingerprint density at radius 3 is 2.19 bits per heavy atom. The van der Waals surface area contributed by atoms with Gasteiger partial charge < -0.3 is 10.0 Å². The molecule has 0 bridgehead atoms. The Kier molecular flexibility index (Phi) is 5.34. The Labute approximate surface area is 153 Å². The number of carbonyl (C=O) groups is 2. The van der Waals surface area contributed by atoms with E-state index in [2.05, 4.69) is 6.92 Å². The van der Waals surface area contributed by atoms with Gasteiger partial charge in [0.15, 0.2) is 0 Å². The first-order chi connectivity index (χ1) is 12.3. The molecule has 2 heterocycles. The number of sulfonamides is 1. The Balaban J connectivity index is 1.70. The lowest BCUT2D eigenvalue weighted by Crippen LogP contribution is -2.37. The molecular formula is C18H24N2O5S. The zero-order chi connectivity index (χ0) is 18.9. The van der Waals surface area contributed by atoms with Crippen molar-refractivity contribution in [3.8, 4) is 0 Å². The molecule has 0 aromatic heterocycles. The van der Waals surface area contributed by atoms with E-state index >= 15 is 0 Å². The Hall–Kier alpha value is -1.93. The maximum Gasteiger partial charge on any atom is 0.308 e. The molecule has 2 fully saturated rings. The highest BCUT2D eigenvalue weighted by atomic mass is 32.2. The number of aliphatic carboxylic acids is 1. The largest absolute Gasteiger partial charge is 0.481 e. The minimum Gasteiger partial charge on any atom is -0.481 e. The van der Waals surface area contributed by atoms with E-state index in [0.29, 0.717) is 37.5 Å². The maximum atomic E-state index is 12.7. The lowest BCUT2D eigenvalue weighted by Gasteiger charge is -2.29. The van der Waals surface area contributed by atoms with Crippen LogP contribution in [0.1, 0.15) is 36.5 Å². The van der Waals surface area contributed by atoms with Gasteiger partial charge in [0.05, 0.1) is 10.8 Å². The van der Waals surface area contributed by atoms with E-state index in [4.69, 9.17) is 5.11 Å². The number of nitrogens with zero attached hydrogens (tertiary/aromatic N) is 2. The molecule has 26 heavy (non-hydrogen) atoms. The average molecular weight is 380 g/mol. The van der Waals surface area contributed by atoms with Crippen molar-refractivity contribution in [3.05, 3.63) is 29.8 Å². The van der Waals surface area contributed by atoms with E-state index in [1.807, 2.05) is 0 Å². The first-order valence-electron chi connectivity index (χ1n) is 8.91. The topological polar surface area (TPSA) is 95.0 Å². The second-order valence-corrected chi connectivity index (χ2v) is 9.12. The molecule has 1 aromatic rings. The highest BCUT2D eigenvalue weighted by molar-refractivity contribution is 7.89. The number of carboxylic acids is 1. The quantitative estimate of drug-likeness (QED) is 0.857. The fraction of sp³-hybridized carbons (Fsp3) is 0.556. The van der Waals surface area contributed by atoms with Gasteiger partial charge in [-0.05, 0) is 49.4 Å². The van der Waals surface area contributed by atoms with E-state index in [-0.39, 0.29) is 17.3 Å². The summed E-state index contributed by atoms with van der Waals surface area (Å²) >= 11 is 0. The van der Waals surface area contributed by atoms with Gasteiger partial charge in [-0.1, -0.05) is 6.92 Å². The average Bonchev–Trinajstić information content (AvgIpc) is 3.12. The molecule has 0 radical (unpaired) electrons. The van der Waals surface area contributed by atoms with Crippen LogP contribution in [0.25, 0.3) is 0 Å². The summed E-state index contributed by atoms with van der Waals surface area (Å²) in [6.45, 7) is 3.77. The number of amides is 1. The van der Waals surface area contributed by atoms with Crippen LogP contribution in [0.5, 0.6) is 0 Å². The molecule has 3 rings (SSSR count). The summed E-state index contributed by atoms with van der Waals surface area (Å²) in [6, 6.07) is 5.95. The number of piperidine rings is 1. The van der Waals surface area contributed by atoms with Gasteiger partial charge in [-0.2, -0.15) is 4.31 Å². The molecule has 2 saturated heterocycles. The van der Waals surface area contributed by atoms with Crippen LogP contribution in [-0.4, -0.2) is 60.8 Å². The molecule has 1 atom stereocenters. The fourth-order valence-corrected chi connectivity index (χ4v) is 4.94. The predicted octanol–water partition coefficient (Wildman–Crippen LogP) is 1.65. The maximum absolute atomic E-state index is 12.7. The number of carboxylic acid groups (broad SMARTS) is 1. The molecule has 0 aliphatic carbocycles. The number of rotatable bonds is 4. The zero-order valence-corrected chi connectivity index (χ0v) is 15.6. The molecule has 1 unspecified atom stereocenters. The first kappa shape index (κ1) is 18.8. The van der Waals surface area contributed by atoms with Gasteiger partial charge in [0.1, 0.15) is 0 Å². The van der Waals surface area contributed by atoms with Crippen molar-refractivity contribution in [1.82, 2.24) is 9.21 Å². The highest BCUT2D eigenvalue weighted by Crippen LogP contribution is 2.24. The molecule has 1 amide bonds. The molecule has 142 valence electrons. The van der Waals surface area contributed by atoms with Gasteiger partial charge >= 0.3 is 5.97 Å². The van der Waals surface area contributed by atoms with Crippen LogP contribution in [-0.2, 0) is 14.8 Å². The third-order valence-corrected chi connectivity index (χ3v) is 7.22. The van der Waals surface area contributed by atoms with Crippen molar-refractivity contribution in [2.75, 3.05) is 26.2 Å². The number of hydrogen-bond acceptors (Lipinski definition) is 4. The van der Waals surface area contributed by atoms with E-state index in [1.165, 1.54) is 33.5 Å². The van der Waals surface area contributed by atoms with Gasteiger partial charge in [0.2, 0.25) is 10.0 Å². The van der Waals surface area contributed by atoms with Crippen LogP contribution in [0.2, 0.25) is 0 Å². The minimum atomic E-state index is -3.54. The third kappa shape index (κ3) is 3.76. The third-order valence-electron chi connectivity index (χ3n) is 5.31. The summed E-state index contributed by atoms with van der Waals surface area (Å²) < 4.78 is 26.9. The summed E-state index contributed by atoms with van der Waals surface area (Å²) in [5, 5.41) is 9.04. The fourth-order valence-electron chi connectivity index (χ4n) is 3.47. The van der Waals surface area contributed by atoms with Crippen LogP contribution in [0.3, 0.4) is 0 Å². The summed E-state index contributed by atoms with van der Waals surface area (Å²) in [7, 11) is -3.54. The van der Waals surface area contributed by atoms with Crippen LogP contribution >= 0.6 is 0 Å². The Bertz CT molecular complexity index is 782. The monoisotopic (exact) mass is 380 g/mol. The lowest BCUT2D eigenvalue weighted by molar-refractivity contribution is -0.141. The van der Waals surface area contributed by atoms with Gasteiger partial charge in [-0.15, -0.1) is 0 Å². The SMILES string of the molecule is CC1CCN(S(=O)(=O)c2ccc(C(=O)N3CCC(C(=O)O)C3)cc2)CC1. The van der Waals surface area contributed by atoms with Crippen LogP contribution in [0.15, 0.2) is 29.2 Å². The molecule has 1 N–H and O–H groups in total. The van der Waals surface area contributed by atoms with Crippen LogP contribution < -0.4 is 0 Å². The minimum absolute atomic E-state index is 0.188.